The van der Waals surface area contributed by atoms with E-state index in [9.17, 15) is 0 Å². The number of likely N-dealkylation sites (tertiary alicyclic amines) is 1. The van der Waals surface area contributed by atoms with Gasteiger partial charge in [0.15, 0.2) is 5.67 Å². The molecule has 3 aromatic rings. The van der Waals surface area contributed by atoms with Crippen LogP contribution >= 0.6 is 0 Å². The van der Waals surface area contributed by atoms with Crippen molar-refractivity contribution in [2.45, 2.75) is 65.1 Å². The maximum atomic E-state index is 15.1. The second-order valence-corrected chi connectivity index (χ2v) is 10.3. The summed E-state index contributed by atoms with van der Waals surface area (Å²) in [5, 5.41) is 0. The number of hydrogen-bond acceptors (Lipinski definition) is 2. The highest BCUT2D eigenvalue weighted by molar-refractivity contribution is 5.77. The highest BCUT2D eigenvalue weighted by atomic mass is 19.1. The van der Waals surface area contributed by atoms with Crippen molar-refractivity contribution in [3.8, 4) is 0 Å². The van der Waals surface area contributed by atoms with Crippen molar-refractivity contribution in [2.75, 3.05) is 19.6 Å². The van der Waals surface area contributed by atoms with Gasteiger partial charge in [0.05, 0.1) is 11.0 Å². The van der Waals surface area contributed by atoms with Gasteiger partial charge in [-0.3, -0.25) is 0 Å². The van der Waals surface area contributed by atoms with Crippen molar-refractivity contribution in [3.63, 3.8) is 0 Å². The quantitative estimate of drug-likeness (QED) is 0.524. The van der Waals surface area contributed by atoms with Gasteiger partial charge in [-0.1, -0.05) is 29.8 Å². The minimum Gasteiger partial charge on any atom is -0.322 e. The van der Waals surface area contributed by atoms with Crippen LogP contribution in [0, 0.1) is 19.8 Å². The van der Waals surface area contributed by atoms with E-state index in [4.69, 9.17) is 4.98 Å². The Bertz CT molecular complexity index is 1100. The number of fused-ring (bicyclic) bond motifs is 2. The molecule has 0 radical (unpaired) electrons. The van der Waals surface area contributed by atoms with Gasteiger partial charge in [-0.25, -0.2) is 9.37 Å². The molecule has 3 nitrogen and oxygen atoms in total. The Morgan fingerprint density at radius 1 is 0.968 bits per heavy atom. The fraction of sp³-hybridized carbons (Fsp3) is 0.519. The molecule has 1 saturated heterocycles. The Balaban J connectivity index is 1.29. The molecule has 0 bridgehead atoms. The van der Waals surface area contributed by atoms with Crippen LogP contribution in [0.5, 0.6) is 0 Å². The summed E-state index contributed by atoms with van der Waals surface area (Å²) < 4.78 is 17.3. The molecule has 0 saturated carbocycles. The second kappa shape index (κ2) is 7.74. The van der Waals surface area contributed by atoms with Crippen molar-refractivity contribution in [1.29, 1.82) is 0 Å². The van der Waals surface area contributed by atoms with Gasteiger partial charge in [-0.15, -0.1) is 0 Å². The number of rotatable bonds is 4. The SMILES string of the molecule is Cc1ccc2c(c1)CC(CN1CCC(n3c(C(C)(C)F)nc4cc(C)ccc43)CC1)C2. The van der Waals surface area contributed by atoms with Gasteiger partial charge in [-0.05, 0) is 88.1 Å². The average Bonchev–Trinajstić information content (AvgIpc) is 3.28. The lowest BCUT2D eigenvalue weighted by Crippen LogP contribution is -2.38. The third-order valence-corrected chi connectivity index (χ3v) is 7.19. The molecule has 4 heteroatoms. The second-order valence-electron chi connectivity index (χ2n) is 10.3. The lowest BCUT2D eigenvalue weighted by Gasteiger charge is -2.35. The summed E-state index contributed by atoms with van der Waals surface area (Å²) in [6.45, 7) is 10.8. The zero-order chi connectivity index (χ0) is 21.8. The van der Waals surface area contributed by atoms with Gasteiger partial charge in [0.1, 0.15) is 5.82 Å². The molecule has 1 aliphatic heterocycles. The molecule has 31 heavy (non-hydrogen) atoms. The number of aromatic nitrogens is 2. The van der Waals surface area contributed by atoms with E-state index in [0.717, 1.165) is 42.9 Å². The molecule has 1 aromatic heterocycles. The van der Waals surface area contributed by atoms with Gasteiger partial charge in [-0.2, -0.15) is 0 Å². The van der Waals surface area contributed by atoms with E-state index >= 15 is 4.39 Å². The maximum Gasteiger partial charge on any atom is 0.162 e. The molecule has 164 valence electrons. The summed E-state index contributed by atoms with van der Waals surface area (Å²) in [6, 6.07) is 13.6. The minimum atomic E-state index is -1.45. The largest absolute Gasteiger partial charge is 0.322 e. The lowest BCUT2D eigenvalue weighted by atomic mass is 10.00. The first-order chi connectivity index (χ1) is 14.8. The van der Waals surface area contributed by atoms with Crippen molar-refractivity contribution in [3.05, 3.63) is 64.5 Å². The number of piperidine rings is 1. The van der Waals surface area contributed by atoms with Crippen molar-refractivity contribution >= 4 is 11.0 Å². The van der Waals surface area contributed by atoms with Gasteiger partial charge >= 0.3 is 0 Å². The molecule has 5 rings (SSSR count). The molecule has 1 aliphatic carbocycles. The first-order valence-corrected chi connectivity index (χ1v) is 11.8. The monoisotopic (exact) mass is 419 g/mol. The fourth-order valence-electron chi connectivity index (χ4n) is 5.69. The molecule has 0 amide bonds. The highest BCUT2D eigenvalue weighted by Gasteiger charge is 2.32. The van der Waals surface area contributed by atoms with E-state index in [0.29, 0.717) is 11.9 Å². The first kappa shape index (κ1) is 20.7. The van der Waals surface area contributed by atoms with Crippen LogP contribution < -0.4 is 0 Å². The van der Waals surface area contributed by atoms with Crippen LogP contribution in [0.3, 0.4) is 0 Å². The van der Waals surface area contributed by atoms with Crippen LogP contribution in [0.2, 0.25) is 0 Å². The van der Waals surface area contributed by atoms with E-state index in [-0.39, 0.29) is 0 Å². The van der Waals surface area contributed by atoms with Crippen LogP contribution in [0.25, 0.3) is 11.0 Å². The summed E-state index contributed by atoms with van der Waals surface area (Å²) in [5.41, 5.74) is 6.18. The molecule has 0 N–H and O–H groups in total. The van der Waals surface area contributed by atoms with Gasteiger partial charge < -0.3 is 9.47 Å². The van der Waals surface area contributed by atoms with E-state index in [1.165, 1.54) is 30.5 Å². The normalized spacial score (nSPS) is 20.5. The lowest BCUT2D eigenvalue weighted by molar-refractivity contribution is 0.150. The van der Waals surface area contributed by atoms with Gasteiger partial charge in [0.2, 0.25) is 0 Å². The molecular formula is C27H34FN3. The van der Waals surface area contributed by atoms with Crippen molar-refractivity contribution in [2.24, 2.45) is 5.92 Å². The Hall–Kier alpha value is -2.20. The Labute approximate surface area is 185 Å². The number of benzene rings is 2. The summed E-state index contributed by atoms with van der Waals surface area (Å²) in [7, 11) is 0. The molecule has 1 fully saturated rings. The number of halogens is 1. The molecule has 2 heterocycles. The van der Waals surface area contributed by atoms with Crippen molar-refractivity contribution < 1.29 is 4.39 Å². The Kier molecular flexibility index (Phi) is 5.16. The third kappa shape index (κ3) is 4.03. The highest BCUT2D eigenvalue weighted by Crippen LogP contribution is 2.36. The van der Waals surface area contributed by atoms with Crippen LogP contribution in [-0.2, 0) is 18.5 Å². The molecule has 0 spiro atoms. The minimum absolute atomic E-state index is 0.317. The van der Waals surface area contributed by atoms with Crippen LogP contribution in [-0.4, -0.2) is 34.1 Å². The van der Waals surface area contributed by atoms with Crippen LogP contribution in [0.4, 0.5) is 4.39 Å². The predicted molar refractivity (Wildman–Crippen MR) is 125 cm³/mol. The number of hydrogen-bond donors (Lipinski definition) is 0. The van der Waals surface area contributed by atoms with Crippen LogP contribution in [0.1, 0.15) is 60.8 Å². The molecule has 1 unspecified atom stereocenters. The van der Waals surface area contributed by atoms with E-state index < -0.39 is 5.67 Å². The molecule has 1 atom stereocenters. The number of imidazole rings is 1. The predicted octanol–water partition coefficient (Wildman–Crippen LogP) is 5.91. The summed E-state index contributed by atoms with van der Waals surface area (Å²) in [5.74, 6) is 1.30. The molecule has 2 aliphatic rings. The number of nitrogens with zero attached hydrogens (tertiary/aromatic N) is 3. The maximum absolute atomic E-state index is 15.1. The zero-order valence-corrected chi connectivity index (χ0v) is 19.3. The van der Waals surface area contributed by atoms with E-state index in [1.807, 2.05) is 0 Å². The summed E-state index contributed by atoms with van der Waals surface area (Å²) in [4.78, 5) is 7.35. The zero-order valence-electron chi connectivity index (χ0n) is 19.3. The Morgan fingerprint density at radius 3 is 2.39 bits per heavy atom. The summed E-state index contributed by atoms with van der Waals surface area (Å²) >= 11 is 0. The molecular weight excluding hydrogens is 385 g/mol. The van der Waals surface area contributed by atoms with Crippen molar-refractivity contribution in [1.82, 2.24) is 14.5 Å². The smallest absolute Gasteiger partial charge is 0.162 e. The number of aryl methyl sites for hydroxylation is 2. The summed E-state index contributed by atoms with van der Waals surface area (Å²) in [6.07, 6.45) is 4.53. The topological polar surface area (TPSA) is 21.1 Å². The standard InChI is InChI=1S/C27H34FN3/c1-18-5-7-21-15-20(16-22(21)13-18)17-30-11-9-23(10-12-30)31-25-8-6-19(2)14-24(25)29-26(31)27(3,4)28/h5-8,13-14,20,23H,9-12,15-17H2,1-4H3. The Morgan fingerprint density at radius 2 is 1.65 bits per heavy atom. The van der Waals surface area contributed by atoms with Gasteiger partial charge in [0.25, 0.3) is 0 Å². The fourth-order valence-corrected chi connectivity index (χ4v) is 5.69. The van der Waals surface area contributed by atoms with Crippen LogP contribution in [0.15, 0.2) is 36.4 Å². The number of alkyl halides is 1. The third-order valence-electron chi connectivity index (χ3n) is 7.19. The van der Waals surface area contributed by atoms with E-state index in [1.54, 1.807) is 25.0 Å². The van der Waals surface area contributed by atoms with Gasteiger partial charge in [0, 0.05) is 25.7 Å². The average molecular weight is 420 g/mol. The first-order valence-electron chi connectivity index (χ1n) is 11.8. The molecule has 2 aromatic carbocycles. The van der Waals surface area contributed by atoms with E-state index in [2.05, 4.69) is 59.7 Å².